The Morgan fingerprint density at radius 2 is 1.61 bits per heavy atom. The van der Waals surface area contributed by atoms with E-state index in [0.29, 0.717) is 42.4 Å². The lowest BCUT2D eigenvalue weighted by Crippen LogP contribution is -2.27. The van der Waals surface area contributed by atoms with E-state index in [0.717, 1.165) is 38.2 Å². The smallest absolute Gasteiger partial charge is 0.174 e. The van der Waals surface area contributed by atoms with E-state index in [1.165, 1.54) is 0 Å². The number of benzene rings is 3. The lowest BCUT2D eigenvalue weighted by atomic mass is 9.78. The van der Waals surface area contributed by atoms with Crippen LogP contribution >= 0.6 is 15.9 Å². The number of hydrogen-bond acceptors (Lipinski definition) is 7. The molecule has 0 spiro atoms. The van der Waals surface area contributed by atoms with E-state index in [9.17, 15) is 4.79 Å². The van der Waals surface area contributed by atoms with E-state index in [4.69, 9.17) is 18.9 Å². The number of fused-ring (bicyclic) bond motifs is 1. The maximum absolute atomic E-state index is 13.9. The minimum absolute atomic E-state index is 0.00128. The molecule has 0 radical (unpaired) electrons. The van der Waals surface area contributed by atoms with E-state index in [1.54, 1.807) is 21.3 Å². The average Bonchev–Trinajstić information content (AvgIpc) is 3.10. The van der Waals surface area contributed by atoms with Crippen molar-refractivity contribution in [1.82, 2.24) is 0 Å². The van der Waals surface area contributed by atoms with Crippen molar-refractivity contribution in [3.8, 4) is 23.0 Å². The van der Waals surface area contributed by atoms with Crippen LogP contribution in [0.5, 0.6) is 23.0 Å². The Bertz CT molecular complexity index is 1400. The molecule has 2 atom stereocenters. The number of anilines is 2. The lowest BCUT2D eigenvalue weighted by Gasteiger charge is -2.30. The molecule has 7 nitrogen and oxygen atoms in total. The van der Waals surface area contributed by atoms with E-state index in [1.807, 2.05) is 61.5 Å². The summed E-state index contributed by atoms with van der Waals surface area (Å²) in [4.78, 5) is 13.9. The van der Waals surface area contributed by atoms with Crippen molar-refractivity contribution in [1.29, 1.82) is 0 Å². The highest BCUT2D eigenvalue weighted by Crippen LogP contribution is 2.47. The molecule has 0 bridgehead atoms. The summed E-state index contributed by atoms with van der Waals surface area (Å²) in [5.41, 5.74) is 5.43. The Labute approximate surface area is 231 Å². The molecule has 0 saturated carbocycles. The number of para-hydroxylation sites is 2. The molecule has 0 unspecified atom stereocenters. The number of allylic oxidation sites excluding steroid dienone is 1. The zero-order valence-electron chi connectivity index (χ0n) is 21.9. The highest BCUT2D eigenvalue weighted by atomic mass is 79.9. The van der Waals surface area contributed by atoms with E-state index >= 15 is 0 Å². The predicted molar refractivity (Wildman–Crippen MR) is 152 cm³/mol. The molecule has 3 aromatic carbocycles. The summed E-state index contributed by atoms with van der Waals surface area (Å²) in [5.74, 6) is 2.66. The van der Waals surface area contributed by atoms with Gasteiger partial charge in [0.2, 0.25) is 0 Å². The van der Waals surface area contributed by atoms with Crippen molar-refractivity contribution in [2.24, 2.45) is 0 Å². The summed E-state index contributed by atoms with van der Waals surface area (Å²) in [6, 6.07) is 17.5. The van der Waals surface area contributed by atoms with Crippen LogP contribution in [-0.2, 0) is 4.79 Å². The van der Waals surface area contributed by atoms with E-state index < -0.39 is 0 Å². The SMILES string of the molecule is CCOc1ccc([C@@H]2CC(=O)C3=C(C2)Nc2ccccc2N[C@H]3c2cc(Br)c(OC)c(OC)c2)cc1OC. The van der Waals surface area contributed by atoms with Crippen LogP contribution < -0.4 is 29.6 Å². The Morgan fingerprint density at radius 1 is 0.868 bits per heavy atom. The fourth-order valence-corrected chi connectivity index (χ4v) is 5.92. The van der Waals surface area contributed by atoms with Gasteiger partial charge in [-0.2, -0.15) is 0 Å². The van der Waals surface area contributed by atoms with Crippen molar-refractivity contribution in [3.63, 3.8) is 0 Å². The molecule has 5 rings (SSSR count). The summed E-state index contributed by atoms with van der Waals surface area (Å²) in [6.07, 6.45) is 1.07. The standard InChI is InChI=1S/C30H31BrN2O5/c1-5-38-25-11-10-17(15-26(25)35-2)18-13-23-28(24(34)14-18)29(33-22-9-7-6-8-21(22)32-23)19-12-20(31)30(37-4)27(16-19)36-3/h6-12,15-16,18,29,32-33H,5,13-14H2,1-4H3/t18-,29-/m0/s1. The maximum Gasteiger partial charge on any atom is 0.174 e. The van der Waals surface area contributed by atoms with Crippen molar-refractivity contribution < 1.29 is 23.7 Å². The highest BCUT2D eigenvalue weighted by molar-refractivity contribution is 9.10. The summed E-state index contributed by atoms with van der Waals surface area (Å²) in [5, 5.41) is 7.21. The van der Waals surface area contributed by atoms with Crippen LogP contribution in [0.25, 0.3) is 0 Å². The summed E-state index contributed by atoms with van der Waals surface area (Å²) >= 11 is 3.62. The van der Waals surface area contributed by atoms with Gasteiger partial charge in [0.15, 0.2) is 28.8 Å². The number of halogens is 1. The van der Waals surface area contributed by atoms with Crippen molar-refractivity contribution in [2.75, 3.05) is 38.6 Å². The van der Waals surface area contributed by atoms with Gasteiger partial charge in [0.05, 0.1) is 49.8 Å². The first-order valence-electron chi connectivity index (χ1n) is 12.6. The second-order valence-corrected chi connectivity index (χ2v) is 10.1. The number of methoxy groups -OCH3 is 3. The Morgan fingerprint density at radius 3 is 2.32 bits per heavy atom. The van der Waals surface area contributed by atoms with Gasteiger partial charge in [-0.1, -0.05) is 18.2 Å². The monoisotopic (exact) mass is 578 g/mol. The first-order valence-corrected chi connectivity index (χ1v) is 13.4. The topological polar surface area (TPSA) is 78.1 Å². The van der Waals surface area contributed by atoms with Crippen LogP contribution in [0.15, 0.2) is 70.3 Å². The predicted octanol–water partition coefficient (Wildman–Crippen LogP) is 6.85. The molecule has 0 aromatic heterocycles. The van der Waals surface area contributed by atoms with Crippen LogP contribution in [0.1, 0.15) is 42.9 Å². The number of ketones is 1. The van der Waals surface area contributed by atoms with Crippen LogP contribution in [0, 0.1) is 0 Å². The largest absolute Gasteiger partial charge is 0.493 e. The highest BCUT2D eigenvalue weighted by Gasteiger charge is 2.37. The fraction of sp³-hybridized carbons (Fsp3) is 0.300. The van der Waals surface area contributed by atoms with E-state index in [-0.39, 0.29) is 17.7 Å². The number of hydrogen-bond donors (Lipinski definition) is 2. The minimum Gasteiger partial charge on any atom is -0.493 e. The van der Waals surface area contributed by atoms with Crippen LogP contribution in [0.3, 0.4) is 0 Å². The second-order valence-electron chi connectivity index (χ2n) is 9.25. The minimum atomic E-state index is -0.374. The third-order valence-electron chi connectivity index (χ3n) is 7.06. The molecule has 1 aliphatic heterocycles. The van der Waals surface area contributed by atoms with Gasteiger partial charge in [0, 0.05) is 17.7 Å². The van der Waals surface area contributed by atoms with Gasteiger partial charge in [-0.3, -0.25) is 4.79 Å². The second kappa shape index (κ2) is 11.0. The summed E-state index contributed by atoms with van der Waals surface area (Å²) in [7, 11) is 4.85. The van der Waals surface area contributed by atoms with Gasteiger partial charge < -0.3 is 29.6 Å². The molecular formula is C30H31BrN2O5. The van der Waals surface area contributed by atoms with Crippen LogP contribution in [0.4, 0.5) is 11.4 Å². The Balaban J connectivity index is 1.59. The van der Waals surface area contributed by atoms with E-state index in [2.05, 4.69) is 26.6 Å². The quantitative estimate of drug-likeness (QED) is 0.317. The van der Waals surface area contributed by atoms with Crippen molar-refractivity contribution in [3.05, 3.63) is 81.5 Å². The van der Waals surface area contributed by atoms with Crippen molar-refractivity contribution >= 4 is 33.1 Å². The number of carbonyl (C=O) groups is 1. The van der Waals surface area contributed by atoms with Crippen LogP contribution in [0.2, 0.25) is 0 Å². The normalized spacial score (nSPS) is 18.4. The Hall–Kier alpha value is -3.65. The van der Waals surface area contributed by atoms with Crippen molar-refractivity contribution in [2.45, 2.75) is 31.7 Å². The molecule has 1 heterocycles. The molecule has 2 N–H and O–H groups in total. The molecule has 2 aliphatic rings. The zero-order valence-corrected chi connectivity index (χ0v) is 23.5. The van der Waals surface area contributed by atoms with Gasteiger partial charge in [-0.25, -0.2) is 0 Å². The maximum atomic E-state index is 13.9. The average molecular weight is 579 g/mol. The third-order valence-corrected chi connectivity index (χ3v) is 7.65. The van der Waals surface area contributed by atoms with Gasteiger partial charge in [-0.05, 0) is 82.7 Å². The molecular weight excluding hydrogens is 548 g/mol. The number of ether oxygens (including phenoxy) is 4. The van der Waals surface area contributed by atoms with Gasteiger partial charge >= 0.3 is 0 Å². The van der Waals surface area contributed by atoms with Gasteiger partial charge in [0.25, 0.3) is 0 Å². The molecule has 8 heteroatoms. The molecule has 0 saturated heterocycles. The first kappa shape index (κ1) is 26.0. The number of rotatable bonds is 7. The third kappa shape index (κ3) is 4.80. The molecule has 198 valence electrons. The molecule has 1 aliphatic carbocycles. The first-order chi connectivity index (χ1) is 18.5. The van der Waals surface area contributed by atoms with Gasteiger partial charge in [0.1, 0.15) is 0 Å². The number of nitrogens with one attached hydrogen (secondary N) is 2. The molecule has 3 aromatic rings. The summed E-state index contributed by atoms with van der Waals surface area (Å²) in [6.45, 7) is 2.50. The number of carbonyl (C=O) groups excluding carboxylic acids is 1. The fourth-order valence-electron chi connectivity index (χ4n) is 5.30. The molecule has 0 fully saturated rings. The molecule has 38 heavy (non-hydrogen) atoms. The lowest BCUT2D eigenvalue weighted by molar-refractivity contribution is -0.116. The zero-order chi connectivity index (χ0) is 26.8. The number of Topliss-reactive ketones (excluding diaryl/α,β-unsaturated/α-hetero) is 1. The Kier molecular flexibility index (Phi) is 7.51. The summed E-state index contributed by atoms with van der Waals surface area (Å²) < 4.78 is 23.2. The van der Waals surface area contributed by atoms with Crippen LogP contribution in [-0.4, -0.2) is 33.7 Å². The molecule has 0 amide bonds. The van der Waals surface area contributed by atoms with Gasteiger partial charge in [-0.15, -0.1) is 0 Å².